The number of rotatable bonds is 12. The summed E-state index contributed by atoms with van der Waals surface area (Å²) in [6, 6.07) is 26.0. The number of methoxy groups -OCH3 is 1. The van der Waals surface area contributed by atoms with Crippen LogP contribution >= 0.6 is 0 Å². The molecule has 0 aliphatic rings. The van der Waals surface area contributed by atoms with Gasteiger partial charge in [0.2, 0.25) is 11.8 Å². The zero-order valence-electron chi connectivity index (χ0n) is 27.7. The largest absolute Gasteiger partial charge is 0.423 e. The van der Waals surface area contributed by atoms with Crippen LogP contribution in [0.15, 0.2) is 95.5 Å². The third-order valence-corrected chi connectivity index (χ3v) is 6.68. The second kappa shape index (κ2) is 19.2. The van der Waals surface area contributed by atoms with Gasteiger partial charge in [-0.3, -0.25) is 19.4 Å². The van der Waals surface area contributed by atoms with Gasteiger partial charge in [0.05, 0.1) is 13.0 Å². The number of hydrogen-bond acceptors (Lipinski definition) is 8. The van der Waals surface area contributed by atoms with Gasteiger partial charge in [-0.15, -0.1) is 0 Å². The van der Waals surface area contributed by atoms with E-state index >= 15 is 0 Å². The smallest absolute Gasteiger partial charge is 0.300 e. The molecule has 5 rings (SSSR count). The number of nitrogens with one attached hydrogen (secondary N) is 2. The Balaban J connectivity index is 0.00000114. The lowest BCUT2D eigenvalue weighted by molar-refractivity contribution is -0.134. The summed E-state index contributed by atoms with van der Waals surface area (Å²) in [5.41, 5.74) is 5.98. The molecule has 0 spiro atoms. The van der Waals surface area contributed by atoms with E-state index in [1.807, 2.05) is 75.4 Å². The summed E-state index contributed by atoms with van der Waals surface area (Å²) < 4.78 is 10.1. The fourth-order valence-corrected chi connectivity index (χ4v) is 4.56. The zero-order chi connectivity index (χ0) is 34.0. The van der Waals surface area contributed by atoms with Gasteiger partial charge >= 0.3 is 0 Å². The Bertz CT molecular complexity index is 1700. The first-order valence-electron chi connectivity index (χ1n) is 15.5. The number of amides is 2. The van der Waals surface area contributed by atoms with Gasteiger partial charge in [0.25, 0.3) is 6.01 Å². The molecule has 10 heteroatoms. The molecule has 246 valence electrons. The van der Waals surface area contributed by atoms with E-state index in [2.05, 4.69) is 25.3 Å². The van der Waals surface area contributed by atoms with Crippen LogP contribution in [0.5, 0.6) is 0 Å². The summed E-state index contributed by atoms with van der Waals surface area (Å²) in [5, 5.41) is 5.95. The minimum absolute atomic E-state index is 0.0993. The van der Waals surface area contributed by atoms with Crippen molar-refractivity contribution >= 4 is 46.6 Å². The van der Waals surface area contributed by atoms with Crippen molar-refractivity contribution in [3.05, 3.63) is 114 Å². The number of pyridine rings is 1. The SMILES string of the molecule is CC.COC.Cc1ccnc(CCCN(CC(=O)Nc2ccc(C=O)cc2)C(=O)Cc2ccc3nc(Nc4ccccc4)oc3c2)c1. The molecule has 2 amide bonds. The second-order valence-electron chi connectivity index (χ2n) is 10.4. The molecule has 0 radical (unpaired) electrons. The number of ether oxygens (including phenoxy) is 1. The van der Waals surface area contributed by atoms with E-state index in [0.717, 1.165) is 28.8 Å². The van der Waals surface area contributed by atoms with Crippen molar-refractivity contribution in [2.75, 3.05) is 37.9 Å². The van der Waals surface area contributed by atoms with Gasteiger partial charge in [-0.2, -0.15) is 4.98 Å². The van der Waals surface area contributed by atoms with E-state index in [0.29, 0.717) is 47.8 Å². The molecule has 0 bridgehead atoms. The van der Waals surface area contributed by atoms with Crippen LogP contribution in [0.25, 0.3) is 11.1 Å². The molecule has 3 aromatic carbocycles. The summed E-state index contributed by atoms with van der Waals surface area (Å²) in [6.45, 7) is 6.30. The summed E-state index contributed by atoms with van der Waals surface area (Å²) in [5.74, 6) is -0.502. The number of oxazole rings is 1. The highest BCUT2D eigenvalue weighted by atomic mass is 16.4. The third kappa shape index (κ3) is 11.8. The van der Waals surface area contributed by atoms with Gasteiger partial charge < -0.3 is 24.7 Å². The molecule has 0 unspecified atom stereocenters. The van der Waals surface area contributed by atoms with Gasteiger partial charge in [0.1, 0.15) is 11.8 Å². The highest BCUT2D eigenvalue weighted by Gasteiger charge is 2.19. The molecular formula is C37H43N5O5. The number of hydrogen-bond donors (Lipinski definition) is 2. The number of aldehydes is 1. The van der Waals surface area contributed by atoms with Crippen LogP contribution in [0.3, 0.4) is 0 Å². The average Bonchev–Trinajstić information content (AvgIpc) is 3.48. The van der Waals surface area contributed by atoms with Crippen molar-refractivity contribution in [3.8, 4) is 0 Å². The van der Waals surface area contributed by atoms with Crippen LogP contribution in [-0.4, -0.2) is 60.3 Å². The Morgan fingerprint density at radius 3 is 2.34 bits per heavy atom. The van der Waals surface area contributed by atoms with Crippen molar-refractivity contribution in [2.45, 2.75) is 40.0 Å². The maximum atomic E-state index is 13.5. The molecule has 0 atom stereocenters. The van der Waals surface area contributed by atoms with Crippen LogP contribution in [0, 0.1) is 6.92 Å². The molecule has 47 heavy (non-hydrogen) atoms. The number of nitrogens with zero attached hydrogens (tertiary/aromatic N) is 3. The van der Waals surface area contributed by atoms with E-state index in [1.165, 1.54) is 0 Å². The Morgan fingerprint density at radius 2 is 1.66 bits per heavy atom. The summed E-state index contributed by atoms with van der Waals surface area (Å²) in [4.78, 5) is 47.8. The van der Waals surface area contributed by atoms with E-state index in [-0.39, 0.29) is 24.8 Å². The molecule has 0 saturated carbocycles. The lowest BCUT2D eigenvalue weighted by atomic mass is 10.1. The molecule has 2 heterocycles. The molecule has 2 N–H and O–H groups in total. The standard InChI is InChI=1S/C33H31N5O4.C2H6O.C2H6/c1-23-15-16-34-28(18-23)8-5-17-38(21-31(40)35-27-12-9-24(22-39)10-13-27)32(41)20-25-11-14-29-30(19-25)42-33(37-29)36-26-6-3-2-4-7-26;1-3-2;1-2/h2-4,6-7,9-16,18-19,22H,5,8,17,20-21H2,1H3,(H,35,40)(H,36,37);1-2H3;1-2H3. The predicted octanol–water partition coefficient (Wildman–Crippen LogP) is 7.02. The quantitative estimate of drug-likeness (QED) is 0.140. The van der Waals surface area contributed by atoms with E-state index in [1.54, 1.807) is 55.6 Å². The fourth-order valence-electron chi connectivity index (χ4n) is 4.56. The number of aromatic nitrogens is 2. The average molecular weight is 638 g/mol. The van der Waals surface area contributed by atoms with Crippen molar-refractivity contribution in [2.24, 2.45) is 0 Å². The molecule has 0 fully saturated rings. The zero-order valence-corrected chi connectivity index (χ0v) is 27.7. The third-order valence-electron chi connectivity index (χ3n) is 6.68. The van der Waals surface area contributed by atoms with Gasteiger partial charge in [0.15, 0.2) is 5.58 Å². The van der Waals surface area contributed by atoms with Crippen molar-refractivity contribution in [1.29, 1.82) is 0 Å². The van der Waals surface area contributed by atoms with Gasteiger partial charge in [-0.25, -0.2) is 0 Å². The van der Waals surface area contributed by atoms with Crippen LogP contribution in [0.4, 0.5) is 17.4 Å². The number of carbonyl (C=O) groups is 3. The monoisotopic (exact) mass is 637 g/mol. The molecule has 5 aromatic rings. The maximum absolute atomic E-state index is 13.5. The lowest BCUT2D eigenvalue weighted by Gasteiger charge is -2.22. The van der Waals surface area contributed by atoms with Gasteiger partial charge in [-0.1, -0.05) is 38.1 Å². The van der Waals surface area contributed by atoms with Crippen LogP contribution in [0.2, 0.25) is 0 Å². The number of para-hydroxylation sites is 1. The second-order valence-corrected chi connectivity index (χ2v) is 10.4. The Hall–Kier alpha value is -5.35. The minimum Gasteiger partial charge on any atom is -0.423 e. The Morgan fingerprint density at radius 1 is 0.936 bits per heavy atom. The van der Waals surface area contributed by atoms with Gasteiger partial charge in [0, 0.05) is 49.6 Å². The summed E-state index contributed by atoms with van der Waals surface area (Å²) in [6.07, 6.45) is 3.95. The minimum atomic E-state index is -0.321. The Kier molecular flexibility index (Phi) is 14.8. The molecule has 2 aromatic heterocycles. The van der Waals surface area contributed by atoms with E-state index < -0.39 is 0 Å². The highest BCUT2D eigenvalue weighted by molar-refractivity contribution is 5.95. The van der Waals surface area contributed by atoms with Crippen molar-refractivity contribution in [1.82, 2.24) is 14.9 Å². The van der Waals surface area contributed by atoms with Crippen molar-refractivity contribution < 1.29 is 23.5 Å². The number of benzene rings is 3. The lowest BCUT2D eigenvalue weighted by Crippen LogP contribution is -2.39. The number of anilines is 3. The van der Waals surface area contributed by atoms with Crippen LogP contribution in [-0.2, 0) is 27.2 Å². The molecule has 10 nitrogen and oxygen atoms in total. The first kappa shape index (κ1) is 36.1. The van der Waals surface area contributed by atoms with E-state index in [4.69, 9.17) is 4.42 Å². The van der Waals surface area contributed by atoms with Crippen molar-refractivity contribution in [3.63, 3.8) is 0 Å². The van der Waals surface area contributed by atoms with E-state index in [9.17, 15) is 14.4 Å². The van der Waals surface area contributed by atoms with Crippen LogP contribution in [0.1, 0.15) is 47.4 Å². The Labute approximate surface area is 276 Å². The molecular weight excluding hydrogens is 594 g/mol. The summed E-state index contributed by atoms with van der Waals surface area (Å²) >= 11 is 0. The number of fused-ring (bicyclic) bond motifs is 1. The normalized spacial score (nSPS) is 10.1. The number of carbonyl (C=O) groups excluding carboxylic acids is 3. The maximum Gasteiger partial charge on any atom is 0.300 e. The molecule has 0 aliphatic carbocycles. The number of aryl methyl sites for hydroxylation is 2. The highest BCUT2D eigenvalue weighted by Crippen LogP contribution is 2.23. The first-order chi connectivity index (χ1) is 22.9. The topological polar surface area (TPSA) is 127 Å². The first-order valence-corrected chi connectivity index (χ1v) is 15.5. The molecule has 0 aliphatic heterocycles. The summed E-state index contributed by atoms with van der Waals surface area (Å²) in [7, 11) is 3.25. The fraction of sp³-hybridized carbons (Fsp3) is 0.270. The predicted molar refractivity (Wildman–Crippen MR) is 186 cm³/mol. The molecule has 0 saturated heterocycles. The van der Waals surface area contributed by atoms with Gasteiger partial charge in [-0.05, 0) is 91.6 Å². The van der Waals surface area contributed by atoms with Crippen LogP contribution < -0.4 is 10.6 Å².